The van der Waals surface area contributed by atoms with Crippen molar-refractivity contribution in [2.45, 2.75) is 34.7 Å². The maximum atomic E-state index is 6.19. The number of hydrogen-bond donors (Lipinski definition) is 2. The zero-order valence-electron chi connectivity index (χ0n) is 14.0. The Morgan fingerprint density at radius 2 is 1.96 bits per heavy atom. The Bertz CT molecular complexity index is 864. The van der Waals surface area contributed by atoms with Gasteiger partial charge in [-0.25, -0.2) is 15.0 Å². The number of para-hydroxylation sites is 1. The van der Waals surface area contributed by atoms with Crippen LogP contribution in [0.1, 0.15) is 19.8 Å². The molecule has 0 aliphatic carbocycles. The molecule has 8 heteroatoms. The Morgan fingerprint density at radius 3 is 2.68 bits per heavy atom. The first kappa shape index (κ1) is 16.6. The zero-order chi connectivity index (χ0) is 17.4. The van der Waals surface area contributed by atoms with Crippen molar-refractivity contribution in [1.82, 2.24) is 15.0 Å². The maximum Gasteiger partial charge on any atom is 0.158 e. The monoisotopic (exact) mass is 372 g/mol. The summed E-state index contributed by atoms with van der Waals surface area (Å²) < 4.78 is 2.08. The molecule has 1 aliphatic rings. The number of hydrogen-bond acceptors (Lipinski definition) is 8. The van der Waals surface area contributed by atoms with Crippen LogP contribution in [0.4, 0.5) is 11.6 Å². The Labute approximate surface area is 154 Å². The Hall–Kier alpha value is -1.90. The van der Waals surface area contributed by atoms with Crippen molar-refractivity contribution in [1.29, 1.82) is 0 Å². The molecule has 0 spiro atoms. The normalized spacial score (nSPS) is 17.1. The lowest BCUT2D eigenvalue weighted by atomic mass is 9.91. The van der Waals surface area contributed by atoms with E-state index in [9.17, 15) is 0 Å². The van der Waals surface area contributed by atoms with Crippen molar-refractivity contribution in [3.8, 4) is 0 Å². The molecule has 4 rings (SSSR count). The third-order valence-corrected chi connectivity index (χ3v) is 6.54. The van der Waals surface area contributed by atoms with Gasteiger partial charge in [0.1, 0.15) is 10.8 Å². The van der Waals surface area contributed by atoms with Crippen LogP contribution in [0.2, 0.25) is 0 Å². The number of aromatic nitrogens is 3. The van der Waals surface area contributed by atoms with Crippen LogP contribution in [-0.4, -0.2) is 33.6 Å². The van der Waals surface area contributed by atoms with Gasteiger partial charge in [-0.05, 0) is 43.7 Å². The molecule has 1 saturated heterocycles. The number of piperidine rings is 1. The number of rotatable bonds is 3. The van der Waals surface area contributed by atoms with Gasteiger partial charge in [-0.15, -0.1) is 11.3 Å². The first-order valence-corrected chi connectivity index (χ1v) is 9.83. The van der Waals surface area contributed by atoms with Crippen LogP contribution >= 0.6 is 23.1 Å². The minimum atomic E-state index is -0.0852. The molecule has 1 aromatic carbocycles. The summed E-state index contributed by atoms with van der Waals surface area (Å²) in [5.41, 5.74) is 13.3. The third kappa shape index (κ3) is 3.56. The molecule has 2 aromatic heterocycles. The van der Waals surface area contributed by atoms with Gasteiger partial charge >= 0.3 is 0 Å². The van der Waals surface area contributed by atoms with Gasteiger partial charge < -0.3 is 16.4 Å². The van der Waals surface area contributed by atoms with Gasteiger partial charge in [0.05, 0.1) is 16.4 Å². The highest BCUT2D eigenvalue weighted by Crippen LogP contribution is 2.36. The van der Waals surface area contributed by atoms with Gasteiger partial charge in [0.15, 0.2) is 10.2 Å². The second-order valence-corrected chi connectivity index (χ2v) is 8.88. The van der Waals surface area contributed by atoms with Crippen LogP contribution in [-0.2, 0) is 0 Å². The summed E-state index contributed by atoms with van der Waals surface area (Å²) in [6.07, 6.45) is 3.68. The number of thiazole rings is 1. The van der Waals surface area contributed by atoms with E-state index in [1.165, 1.54) is 11.8 Å². The zero-order valence-corrected chi connectivity index (χ0v) is 15.6. The Morgan fingerprint density at radius 1 is 1.20 bits per heavy atom. The van der Waals surface area contributed by atoms with Crippen molar-refractivity contribution in [2.75, 3.05) is 23.7 Å². The van der Waals surface area contributed by atoms with E-state index >= 15 is 0 Å². The largest absolute Gasteiger partial charge is 0.381 e. The summed E-state index contributed by atoms with van der Waals surface area (Å²) in [5.74, 6) is 1.27. The van der Waals surface area contributed by atoms with Gasteiger partial charge in [0, 0.05) is 18.6 Å². The van der Waals surface area contributed by atoms with E-state index in [0.29, 0.717) is 10.8 Å². The van der Waals surface area contributed by atoms with Gasteiger partial charge in [-0.3, -0.25) is 0 Å². The molecule has 0 radical (unpaired) electrons. The van der Waals surface area contributed by atoms with Crippen LogP contribution in [0.5, 0.6) is 0 Å². The summed E-state index contributed by atoms with van der Waals surface area (Å²) >= 11 is 3.10. The van der Waals surface area contributed by atoms with E-state index in [1.807, 2.05) is 18.2 Å². The molecule has 0 saturated carbocycles. The second-order valence-electron chi connectivity index (χ2n) is 6.61. The fourth-order valence-electron chi connectivity index (χ4n) is 2.84. The molecular formula is C17H20N6S2. The van der Waals surface area contributed by atoms with Crippen molar-refractivity contribution in [3.05, 3.63) is 30.5 Å². The topological polar surface area (TPSA) is 94.0 Å². The smallest absolute Gasteiger partial charge is 0.158 e. The molecule has 1 fully saturated rings. The lowest BCUT2D eigenvalue weighted by Crippen LogP contribution is -2.48. The van der Waals surface area contributed by atoms with Crippen LogP contribution < -0.4 is 16.4 Å². The molecule has 0 amide bonds. The highest BCUT2D eigenvalue weighted by Gasteiger charge is 2.27. The minimum Gasteiger partial charge on any atom is -0.381 e. The van der Waals surface area contributed by atoms with Crippen molar-refractivity contribution < 1.29 is 0 Å². The quantitative estimate of drug-likeness (QED) is 0.729. The molecule has 6 nitrogen and oxygen atoms in total. The van der Waals surface area contributed by atoms with E-state index in [0.717, 1.165) is 46.3 Å². The Kier molecular flexibility index (Phi) is 4.26. The number of benzene rings is 1. The molecule has 3 aromatic rings. The molecule has 1 aliphatic heterocycles. The number of fused-ring (bicyclic) bond motifs is 1. The first-order valence-electron chi connectivity index (χ1n) is 8.20. The number of nitrogen functional groups attached to an aromatic ring is 1. The summed E-state index contributed by atoms with van der Waals surface area (Å²) in [4.78, 5) is 15.9. The van der Waals surface area contributed by atoms with Crippen LogP contribution in [0.25, 0.3) is 10.2 Å². The van der Waals surface area contributed by atoms with E-state index in [2.05, 4.69) is 32.8 Å². The van der Waals surface area contributed by atoms with Gasteiger partial charge in [0.25, 0.3) is 0 Å². The highest BCUT2D eigenvalue weighted by molar-refractivity contribution is 8.01. The number of anilines is 2. The minimum absolute atomic E-state index is 0.0852. The summed E-state index contributed by atoms with van der Waals surface area (Å²) in [7, 11) is 0. The predicted molar refractivity (Wildman–Crippen MR) is 104 cm³/mol. The van der Waals surface area contributed by atoms with Crippen LogP contribution in [0, 0.1) is 0 Å². The highest BCUT2D eigenvalue weighted by atomic mass is 32.2. The number of nitrogens with zero attached hydrogens (tertiary/aromatic N) is 4. The van der Waals surface area contributed by atoms with Gasteiger partial charge in [0.2, 0.25) is 0 Å². The molecule has 0 atom stereocenters. The maximum absolute atomic E-state index is 6.19. The van der Waals surface area contributed by atoms with E-state index in [-0.39, 0.29) is 5.54 Å². The lowest BCUT2D eigenvalue weighted by molar-refractivity contribution is 0.363. The predicted octanol–water partition coefficient (Wildman–Crippen LogP) is 3.14. The molecule has 25 heavy (non-hydrogen) atoms. The molecule has 130 valence electrons. The first-order chi connectivity index (χ1) is 12.0. The van der Waals surface area contributed by atoms with Crippen molar-refractivity contribution >= 4 is 45.0 Å². The summed E-state index contributed by atoms with van der Waals surface area (Å²) in [6, 6.07) is 8.08. The van der Waals surface area contributed by atoms with Crippen LogP contribution in [0.3, 0.4) is 0 Å². The van der Waals surface area contributed by atoms with Gasteiger partial charge in [-0.1, -0.05) is 12.1 Å². The molecule has 0 unspecified atom stereocenters. The summed E-state index contributed by atoms with van der Waals surface area (Å²) in [6.45, 7) is 3.86. The van der Waals surface area contributed by atoms with E-state index in [4.69, 9.17) is 11.5 Å². The number of nitrogens with two attached hydrogens (primary N) is 2. The molecule has 0 bridgehead atoms. The molecule has 3 heterocycles. The fraction of sp³-hybridized carbons (Fsp3) is 0.353. The SMILES string of the molecule is CC1(N)CCN(c2cnc(Sc3nc4ccccc4s3)c(N)n2)CC1. The van der Waals surface area contributed by atoms with Crippen molar-refractivity contribution in [3.63, 3.8) is 0 Å². The second kappa shape index (κ2) is 6.44. The Balaban J connectivity index is 1.52. The average Bonchev–Trinajstić information content (AvgIpc) is 2.99. The molecule has 4 N–H and O–H groups in total. The average molecular weight is 373 g/mol. The third-order valence-electron chi connectivity index (χ3n) is 4.44. The summed E-state index contributed by atoms with van der Waals surface area (Å²) in [5, 5.41) is 0.698. The van der Waals surface area contributed by atoms with Gasteiger partial charge in [-0.2, -0.15) is 0 Å². The van der Waals surface area contributed by atoms with Crippen molar-refractivity contribution in [2.24, 2.45) is 5.73 Å². The fourth-order valence-corrected chi connectivity index (χ4v) is 4.77. The van der Waals surface area contributed by atoms with E-state index < -0.39 is 0 Å². The molecular weight excluding hydrogens is 352 g/mol. The standard InChI is InChI=1S/C17H20N6S2/c1-17(19)6-8-23(9-7-17)13-10-20-15(14(18)22-13)25-16-21-11-4-2-3-5-12(11)24-16/h2-5,10H,6-9,19H2,1H3,(H2,18,22). The lowest BCUT2D eigenvalue weighted by Gasteiger charge is -2.37. The van der Waals surface area contributed by atoms with Crippen LogP contribution in [0.15, 0.2) is 39.8 Å². The van der Waals surface area contributed by atoms with E-state index in [1.54, 1.807) is 17.5 Å².